The second kappa shape index (κ2) is 7.08. The zero-order valence-electron chi connectivity index (χ0n) is 14.6. The number of hydrogen-bond donors (Lipinski definition) is 1. The Labute approximate surface area is 156 Å². The third kappa shape index (κ3) is 3.75. The van der Waals surface area contributed by atoms with Crippen molar-refractivity contribution in [2.45, 2.75) is 31.4 Å². The van der Waals surface area contributed by atoms with Crippen molar-refractivity contribution in [1.29, 1.82) is 5.26 Å². The molecule has 2 aliphatic rings. The van der Waals surface area contributed by atoms with Crippen molar-refractivity contribution in [2.24, 2.45) is 0 Å². The van der Waals surface area contributed by atoms with Gasteiger partial charge in [-0.25, -0.2) is 9.78 Å². The number of esters is 1. The Hall–Kier alpha value is -3.40. The molecular weight excluding hydrogens is 344 g/mol. The highest BCUT2D eigenvalue weighted by Crippen LogP contribution is 2.25. The first-order chi connectivity index (χ1) is 13.1. The number of amides is 1. The lowest BCUT2D eigenvalue weighted by Crippen LogP contribution is -2.32. The van der Waals surface area contributed by atoms with Crippen LogP contribution in [0, 0.1) is 11.3 Å². The van der Waals surface area contributed by atoms with E-state index >= 15 is 0 Å². The molecule has 0 radical (unpaired) electrons. The summed E-state index contributed by atoms with van der Waals surface area (Å²) in [6, 6.07) is 12.7. The van der Waals surface area contributed by atoms with Gasteiger partial charge < -0.3 is 15.0 Å². The summed E-state index contributed by atoms with van der Waals surface area (Å²) in [5.41, 5.74) is 1.54. The number of nitrogens with zero attached hydrogens (tertiary/aromatic N) is 3. The van der Waals surface area contributed by atoms with E-state index in [4.69, 9.17) is 10.00 Å². The quantitative estimate of drug-likeness (QED) is 0.821. The van der Waals surface area contributed by atoms with E-state index in [0.717, 1.165) is 18.7 Å². The van der Waals surface area contributed by atoms with Crippen LogP contribution in [-0.2, 0) is 9.53 Å². The highest BCUT2D eigenvalue weighted by Gasteiger charge is 2.35. The molecule has 1 aromatic heterocycles. The summed E-state index contributed by atoms with van der Waals surface area (Å²) in [6.07, 6.45) is 3.37. The van der Waals surface area contributed by atoms with Crippen molar-refractivity contribution in [3.05, 3.63) is 53.7 Å². The van der Waals surface area contributed by atoms with E-state index in [9.17, 15) is 9.59 Å². The molecule has 1 amide bonds. The third-order valence-electron chi connectivity index (χ3n) is 4.64. The molecule has 2 fully saturated rings. The molecule has 1 atom stereocenters. The molecule has 1 N–H and O–H groups in total. The zero-order valence-corrected chi connectivity index (χ0v) is 14.6. The minimum Gasteiger partial charge on any atom is -0.449 e. The van der Waals surface area contributed by atoms with E-state index in [-0.39, 0.29) is 5.91 Å². The van der Waals surface area contributed by atoms with Gasteiger partial charge in [-0.15, -0.1) is 0 Å². The average molecular weight is 362 g/mol. The summed E-state index contributed by atoms with van der Waals surface area (Å²) in [5.74, 6) is -0.0773. The van der Waals surface area contributed by atoms with Crippen molar-refractivity contribution in [3.63, 3.8) is 0 Å². The molecule has 2 aromatic rings. The maximum absolute atomic E-state index is 12.6. The third-order valence-corrected chi connectivity index (χ3v) is 4.64. The first-order valence-electron chi connectivity index (χ1n) is 8.89. The van der Waals surface area contributed by atoms with Crippen LogP contribution >= 0.6 is 0 Å². The highest BCUT2D eigenvalue weighted by molar-refractivity contribution is 6.01. The number of anilines is 2. The Morgan fingerprint density at radius 3 is 2.59 bits per heavy atom. The number of hydrogen-bond acceptors (Lipinski definition) is 6. The van der Waals surface area contributed by atoms with Crippen LogP contribution in [-0.4, -0.2) is 35.6 Å². The fourth-order valence-corrected chi connectivity index (χ4v) is 2.97. The number of pyridine rings is 1. The second-order valence-electron chi connectivity index (χ2n) is 6.68. The van der Waals surface area contributed by atoms with Gasteiger partial charge in [0.1, 0.15) is 5.82 Å². The minimum atomic E-state index is -0.808. The molecule has 136 valence electrons. The van der Waals surface area contributed by atoms with E-state index in [2.05, 4.69) is 10.3 Å². The first-order valence-corrected chi connectivity index (χ1v) is 8.89. The molecule has 7 nitrogen and oxygen atoms in total. The fraction of sp³-hybridized carbons (Fsp3) is 0.300. The molecule has 7 heteroatoms. The second-order valence-corrected chi connectivity index (χ2v) is 6.68. The number of ether oxygens (including phenoxy) is 1. The molecule has 2 heterocycles. The Kier molecular flexibility index (Phi) is 4.47. The minimum absolute atomic E-state index is 0.256. The summed E-state index contributed by atoms with van der Waals surface area (Å²) in [7, 11) is 0. The molecule has 0 spiro atoms. The van der Waals surface area contributed by atoms with Crippen LogP contribution in [0.15, 0.2) is 42.6 Å². The molecule has 0 bridgehead atoms. The van der Waals surface area contributed by atoms with Crippen molar-refractivity contribution in [3.8, 4) is 6.07 Å². The Balaban J connectivity index is 1.38. The number of nitrogens with one attached hydrogen (secondary N) is 1. The average Bonchev–Trinajstić information content (AvgIpc) is 3.45. The Morgan fingerprint density at radius 1 is 1.19 bits per heavy atom. The van der Waals surface area contributed by atoms with E-state index < -0.39 is 12.1 Å². The van der Waals surface area contributed by atoms with Gasteiger partial charge >= 0.3 is 5.97 Å². The van der Waals surface area contributed by atoms with Crippen molar-refractivity contribution in [2.75, 3.05) is 16.8 Å². The van der Waals surface area contributed by atoms with Crippen LogP contribution in [0.25, 0.3) is 0 Å². The smallest absolute Gasteiger partial charge is 0.340 e. The molecule has 1 aliphatic carbocycles. The summed E-state index contributed by atoms with van der Waals surface area (Å²) < 4.78 is 5.40. The highest BCUT2D eigenvalue weighted by atomic mass is 16.5. The Morgan fingerprint density at radius 2 is 1.96 bits per heavy atom. The predicted molar refractivity (Wildman–Crippen MR) is 98.2 cm³/mol. The molecule has 0 unspecified atom stereocenters. The van der Waals surface area contributed by atoms with Gasteiger partial charge in [-0.2, -0.15) is 5.26 Å². The summed E-state index contributed by atoms with van der Waals surface area (Å²) in [6.45, 7) is 0.463. The van der Waals surface area contributed by atoms with Crippen molar-refractivity contribution >= 4 is 23.4 Å². The van der Waals surface area contributed by atoms with Gasteiger partial charge in [-0.3, -0.25) is 4.79 Å². The number of carbonyl (C=O) groups is 2. The fourth-order valence-electron chi connectivity index (χ4n) is 2.97. The molecule has 1 saturated heterocycles. The molecule has 1 aliphatic heterocycles. The zero-order chi connectivity index (χ0) is 18.8. The van der Waals surface area contributed by atoms with Gasteiger partial charge in [0.2, 0.25) is 0 Å². The lowest BCUT2D eigenvalue weighted by atomic mass is 10.2. The lowest BCUT2D eigenvalue weighted by Gasteiger charge is -2.17. The van der Waals surface area contributed by atoms with Gasteiger partial charge in [0.15, 0.2) is 6.10 Å². The summed E-state index contributed by atoms with van der Waals surface area (Å²) in [4.78, 5) is 30.7. The molecule has 1 aromatic carbocycles. The van der Waals surface area contributed by atoms with Crippen LogP contribution in [0.2, 0.25) is 0 Å². The van der Waals surface area contributed by atoms with E-state index in [1.807, 2.05) is 6.07 Å². The maximum atomic E-state index is 12.6. The number of benzene rings is 1. The lowest BCUT2D eigenvalue weighted by molar-refractivity contribution is -0.124. The van der Waals surface area contributed by atoms with Crippen LogP contribution < -0.4 is 10.2 Å². The predicted octanol–water partition coefficient (Wildman–Crippen LogP) is 2.49. The molecule has 27 heavy (non-hydrogen) atoms. The molecular formula is C20H18N4O3. The standard InChI is InChI=1S/C20H18N4O3/c21-11-13-1-6-16(7-2-13)24-10-9-17(19(24)25)27-20(26)14-3-8-18(22-12-14)23-15-4-5-15/h1-3,6-8,12,15,17H,4-5,9-10H2,(H,22,23)/t17-/m1/s1. The van der Waals surface area contributed by atoms with Crippen LogP contribution in [0.3, 0.4) is 0 Å². The van der Waals surface area contributed by atoms with E-state index in [0.29, 0.717) is 35.8 Å². The normalized spacial score (nSPS) is 18.9. The summed E-state index contributed by atoms with van der Waals surface area (Å²) in [5, 5.41) is 12.1. The molecule has 1 saturated carbocycles. The maximum Gasteiger partial charge on any atom is 0.340 e. The van der Waals surface area contributed by atoms with Gasteiger partial charge in [-0.05, 0) is 49.2 Å². The van der Waals surface area contributed by atoms with E-state index in [1.165, 1.54) is 6.20 Å². The van der Waals surface area contributed by atoms with Gasteiger partial charge in [0.25, 0.3) is 5.91 Å². The van der Waals surface area contributed by atoms with Gasteiger partial charge in [0.05, 0.1) is 17.2 Å². The van der Waals surface area contributed by atoms with Crippen LogP contribution in [0.1, 0.15) is 35.2 Å². The van der Waals surface area contributed by atoms with E-state index in [1.54, 1.807) is 41.3 Å². The SMILES string of the molecule is N#Cc1ccc(N2CC[C@@H](OC(=O)c3ccc(NC4CC4)nc3)C2=O)cc1. The number of carbonyl (C=O) groups excluding carboxylic acids is 2. The number of nitriles is 1. The molecule has 4 rings (SSSR count). The number of aromatic nitrogens is 1. The largest absolute Gasteiger partial charge is 0.449 e. The Bertz CT molecular complexity index is 898. The van der Waals surface area contributed by atoms with Crippen LogP contribution in [0.4, 0.5) is 11.5 Å². The number of rotatable bonds is 5. The summed E-state index contributed by atoms with van der Waals surface area (Å²) >= 11 is 0. The monoisotopic (exact) mass is 362 g/mol. The van der Waals surface area contributed by atoms with Gasteiger partial charge in [0, 0.05) is 30.9 Å². The van der Waals surface area contributed by atoms with Crippen molar-refractivity contribution < 1.29 is 14.3 Å². The topological polar surface area (TPSA) is 95.3 Å². The first kappa shape index (κ1) is 17.0. The van der Waals surface area contributed by atoms with Gasteiger partial charge in [-0.1, -0.05) is 0 Å². The van der Waals surface area contributed by atoms with Crippen molar-refractivity contribution in [1.82, 2.24) is 4.98 Å². The van der Waals surface area contributed by atoms with Crippen LogP contribution in [0.5, 0.6) is 0 Å².